The second-order valence-electron chi connectivity index (χ2n) is 7.24. The van der Waals surface area contributed by atoms with E-state index in [4.69, 9.17) is 9.47 Å². The number of carbonyl (C=O) groups excluding carboxylic acids is 1. The molecule has 2 aliphatic carbocycles. The fourth-order valence-corrected chi connectivity index (χ4v) is 4.78. The van der Waals surface area contributed by atoms with Gasteiger partial charge in [0, 0.05) is 0 Å². The molecule has 1 saturated heterocycles. The van der Waals surface area contributed by atoms with Crippen LogP contribution in [0.25, 0.3) is 11.0 Å². The van der Waals surface area contributed by atoms with Crippen LogP contribution in [0.1, 0.15) is 32.0 Å². The number of nitrogens with zero attached hydrogens (tertiary/aromatic N) is 1. The average molecular weight is 324 g/mol. The number of allylic oxidation sites excluding steroid dienone is 1. The first-order valence-electron chi connectivity index (χ1n) is 8.67. The van der Waals surface area contributed by atoms with Crippen molar-refractivity contribution in [3.63, 3.8) is 0 Å². The van der Waals surface area contributed by atoms with Gasteiger partial charge in [0.05, 0.1) is 16.6 Å². The quantitative estimate of drug-likeness (QED) is 0.881. The summed E-state index contributed by atoms with van der Waals surface area (Å²) in [6, 6.07) is 7.94. The van der Waals surface area contributed by atoms with Crippen LogP contribution in [0.2, 0.25) is 0 Å². The van der Waals surface area contributed by atoms with Crippen molar-refractivity contribution in [3.05, 3.63) is 41.7 Å². The molecule has 2 aromatic rings. The zero-order valence-corrected chi connectivity index (χ0v) is 13.6. The Labute approximate surface area is 140 Å². The summed E-state index contributed by atoms with van der Waals surface area (Å²) in [6.45, 7) is 2.53. The van der Waals surface area contributed by atoms with E-state index < -0.39 is 5.60 Å². The number of aromatic nitrogens is 2. The van der Waals surface area contributed by atoms with E-state index in [1.807, 2.05) is 24.3 Å². The Kier molecular flexibility index (Phi) is 2.92. The summed E-state index contributed by atoms with van der Waals surface area (Å²) in [5.41, 5.74) is 2.11. The van der Waals surface area contributed by atoms with E-state index in [9.17, 15) is 4.79 Å². The van der Waals surface area contributed by atoms with Crippen molar-refractivity contribution in [2.45, 2.75) is 44.5 Å². The molecule has 2 heterocycles. The van der Waals surface area contributed by atoms with E-state index in [0.29, 0.717) is 18.4 Å². The minimum absolute atomic E-state index is 0.141. The molecule has 5 nitrogen and oxygen atoms in total. The van der Waals surface area contributed by atoms with Gasteiger partial charge >= 0.3 is 5.97 Å². The van der Waals surface area contributed by atoms with Crippen LogP contribution in [0, 0.1) is 11.8 Å². The van der Waals surface area contributed by atoms with Crippen molar-refractivity contribution in [1.82, 2.24) is 9.97 Å². The number of para-hydroxylation sites is 2. The number of carbonyl (C=O) groups is 1. The topological polar surface area (TPSA) is 64.2 Å². The smallest absolute Gasteiger partial charge is 0.337 e. The van der Waals surface area contributed by atoms with Crippen LogP contribution in [0.15, 0.2) is 35.9 Å². The molecule has 0 amide bonds. The third-order valence-electron chi connectivity index (χ3n) is 5.75. The Morgan fingerprint density at radius 3 is 3.12 bits per heavy atom. The summed E-state index contributed by atoms with van der Waals surface area (Å²) in [7, 11) is 0. The Balaban J connectivity index is 1.48. The first-order valence-corrected chi connectivity index (χ1v) is 8.67. The van der Waals surface area contributed by atoms with Gasteiger partial charge in [0.15, 0.2) is 0 Å². The molecule has 124 valence electrons. The highest BCUT2D eigenvalue weighted by molar-refractivity contribution is 5.94. The highest BCUT2D eigenvalue weighted by Crippen LogP contribution is 2.55. The zero-order valence-electron chi connectivity index (χ0n) is 13.6. The van der Waals surface area contributed by atoms with E-state index in [2.05, 4.69) is 23.0 Å². The average Bonchev–Trinajstić information content (AvgIpc) is 3.21. The number of rotatable bonds is 3. The number of ether oxygens (including phenoxy) is 2. The van der Waals surface area contributed by atoms with Crippen LogP contribution in [0.5, 0.6) is 0 Å². The summed E-state index contributed by atoms with van der Waals surface area (Å²) < 4.78 is 12.0. The van der Waals surface area contributed by atoms with Crippen LogP contribution in [0.3, 0.4) is 0 Å². The SMILES string of the molecule is C[C@@H]1C=C2C(=O)O[C@@H]3CCC(C1)[C@]23OCc1nc2ccccc2[nH]1. The summed E-state index contributed by atoms with van der Waals surface area (Å²) in [6.07, 6.45) is 4.91. The number of fused-ring (bicyclic) bond motifs is 1. The Morgan fingerprint density at radius 2 is 2.25 bits per heavy atom. The van der Waals surface area contributed by atoms with E-state index in [0.717, 1.165) is 41.7 Å². The summed E-state index contributed by atoms with van der Waals surface area (Å²) in [5, 5.41) is 0. The number of hydrogen-bond donors (Lipinski definition) is 1. The third kappa shape index (κ3) is 1.85. The fourth-order valence-electron chi connectivity index (χ4n) is 4.78. The van der Waals surface area contributed by atoms with Gasteiger partial charge in [0.1, 0.15) is 24.1 Å². The standard InChI is InChI=1S/C19H20N2O3/c1-11-8-12-6-7-16-19(12,13(9-11)18(22)24-16)23-10-17-20-14-4-2-3-5-15(14)21-17/h2-5,9,11-12,16H,6-8,10H2,1H3,(H,20,21)/t11-,12?,16+,19-/m0/s1. The van der Waals surface area contributed by atoms with Crippen molar-refractivity contribution in [2.75, 3.05) is 0 Å². The summed E-state index contributed by atoms with van der Waals surface area (Å²) in [4.78, 5) is 20.2. The Morgan fingerprint density at radius 1 is 1.38 bits per heavy atom. The van der Waals surface area contributed by atoms with Crippen LogP contribution in [-0.4, -0.2) is 27.6 Å². The number of esters is 1. The van der Waals surface area contributed by atoms with Gasteiger partial charge in [-0.05, 0) is 43.2 Å². The van der Waals surface area contributed by atoms with Crippen molar-refractivity contribution >= 4 is 17.0 Å². The predicted octanol–water partition coefficient (Wildman–Crippen LogP) is 3.12. The van der Waals surface area contributed by atoms with Gasteiger partial charge in [0.25, 0.3) is 0 Å². The largest absolute Gasteiger partial charge is 0.455 e. The summed E-state index contributed by atoms with van der Waals surface area (Å²) in [5.74, 6) is 1.36. The normalized spacial score (nSPS) is 34.3. The number of hydrogen-bond acceptors (Lipinski definition) is 4. The first kappa shape index (κ1) is 14.2. The molecule has 3 aliphatic rings. The maximum atomic E-state index is 12.3. The van der Waals surface area contributed by atoms with E-state index >= 15 is 0 Å². The maximum Gasteiger partial charge on any atom is 0.337 e. The van der Waals surface area contributed by atoms with Crippen molar-refractivity contribution in [1.29, 1.82) is 0 Å². The van der Waals surface area contributed by atoms with Crippen molar-refractivity contribution in [2.24, 2.45) is 11.8 Å². The lowest BCUT2D eigenvalue weighted by Gasteiger charge is -2.38. The summed E-state index contributed by atoms with van der Waals surface area (Å²) >= 11 is 0. The number of aromatic amines is 1. The van der Waals surface area contributed by atoms with Gasteiger partial charge in [-0.3, -0.25) is 0 Å². The second kappa shape index (κ2) is 4.93. The molecule has 1 saturated carbocycles. The molecule has 1 aromatic carbocycles. The molecule has 5 rings (SSSR count). The minimum Gasteiger partial charge on any atom is -0.455 e. The van der Waals surface area contributed by atoms with Crippen LogP contribution < -0.4 is 0 Å². The Bertz CT molecular complexity index is 822. The molecule has 24 heavy (non-hydrogen) atoms. The Hall–Kier alpha value is -2.14. The monoisotopic (exact) mass is 324 g/mol. The van der Waals surface area contributed by atoms with Crippen LogP contribution in [-0.2, 0) is 20.9 Å². The van der Waals surface area contributed by atoms with Gasteiger partial charge in [0.2, 0.25) is 0 Å². The predicted molar refractivity (Wildman–Crippen MR) is 88.1 cm³/mol. The van der Waals surface area contributed by atoms with Gasteiger partial charge < -0.3 is 14.5 Å². The lowest BCUT2D eigenvalue weighted by atomic mass is 9.73. The molecule has 1 unspecified atom stereocenters. The van der Waals surface area contributed by atoms with E-state index in [-0.39, 0.29) is 12.1 Å². The number of benzene rings is 1. The molecule has 1 N–H and O–H groups in total. The molecule has 0 radical (unpaired) electrons. The van der Waals surface area contributed by atoms with Crippen LogP contribution >= 0.6 is 0 Å². The van der Waals surface area contributed by atoms with Gasteiger partial charge in [-0.1, -0.05) is 25.1 Å². The number of imidazole rings is 1. The lowest BCUT2D eigenvalue weighted by molar-refractivity contribution is -0.142. The molecule has 4 atom stereocenters. The van der Waals surface area contributed by atoms with E-state index in [1.165, 1.54) is 0 Å². The minimum atomic E-state index is -0.567. The maximum absolute atomic E-state index is 12.3. The van der Waals surface area contributed by atoms with Crippen molar-refractivity contribution in [3.8, 4) is 0 Å². The third-order valence-corrected chi connectivity index (χ3v) is 5.75. The molecule has 0 bridgehead atoms. The van der Waals surface area contributed by atoms with Gasteiger partial charge in [-0.2, -0.15) is 0 Å². The number of nitrogens with one attached hydrogen (secondary N) is 1. The molecular formula is C19H20N2O3. The highest BCUT2D eigenvalue weighted by Gasteiger charge is 2.63. The molecule has 1 aromatic heterocycles. The second-order valence-corrected chi connectivity index (χ2v) is 7.24. The van der Waals surface area contributed by atoms with Gasteiger partial charge in [-0.15, -0.1) is 0 Å². The fraction of sp³-hybridized carbons (Fsp3) is 0.474. The highest BCUT2D eigenvalue weighted by atomic mass is 16.6. The molecular weight excluding hydrogens is 304 g/mol. The van der Waals surface area contributed by atoms with Gasteiger partial charge in [-0.25, -0.2) is 9.78 Å². The molecule has 1 aliphatic heterocycles. The molecule has 2 fully saturated rings. The van der Waals surface area contributed by atoms with Crippen LogP contribution in [0.4, 0.5) is 0 Å². The molecule has 5 heteroatoms. The molecule has 0 spiro atoms. The lowest BCUT2D eigenvalue weighted by Crippen LogP contribution is -2.46. The number of H-pyrrole nitrogens is 1. The first-order chi connectivity index (χ1) is 11.7. The van der Waals surface area contributed by atoms with E-state index in [1.54, 1.807) is 0 Å². The zero-order chi connectivity index (χ0) is 16.3. The van der Waals surface area contributed by atoms with Crippen molar-refractivity contribution < 1.29 is 14.3 Å².